The molecule has 0 aromatic carbocycles. The highest BCUT2D eigenvalue weighted by Crippen LogP contribution is 2.31. The van der Waals surface area contributed by atoms with Crippen molar-refractivity contribution in [1.82, 2.24) is 19.7 Å². The van der Waals surface area contributed by atoms with E-state index in [0.29, 0.717) is 12.5 Å². The number of aromatic nitrogens is 3. The standard InChI is InChI=1S/C21H32N6O.ClH/c1-2-27-16-19(14-23-27)15-24-10-12-25(13-11-24)20-4-3-7-22-21(20)26-8-5-18(17-28)6-9-26;/h3-4,7,14,16,18,28H,2,5-6,8-13,15,17H2,1H3;1H. The molecule has 2 fully saturated rings. The number of piperidine rings is 1. The Hall–Kier alpha value is -1.83. The van der Waals surface area contributed by atoms with E-state index in [1.807, 2.05) is 23.1 Å². The van der Waals surface area contributed by atoms with Crippen molar-refractivity contribution in [3.63, 3.8) is 0 Å². The second-order valence-electron chi connectivity index (χ2n) is 7.93. The number of hydrogen-bond donors (Lipinski definition) is 1. The quantitative estimate of drug-likeness (QED) is 0.773. The lowest BCUT2D eigenvalue weighted by Gasteiger charge is -2.39. The molecule has 7 nitrogen and oxygen atoms in total. The molecule has 0 spiro atoms. The van der Waals surface area contributed by atoms with Crippen LogP contribution in [-0.4, -0.2) is 70.6 Å². The highest BCUT2D eigenvalue weighted by atomic mass is 35.5. The van der Waals surface area contributed by atoms with Crippen LogP contribution in [0.3, 0.4) is 0 Å². The zero-order valence-electron chi connectivity index (χ0n) is 17.3. The molecule has 2 aromatic heterocycles. The summed E-state index contributed by atoms with van der Waals surface area (Å²) in [5.41, 5.74) is 2.55. The van der Waals surface area contributed by atoms with Crippen LogP contribution in [0, 0.1) is 5.92 Å². The van der Waals surface area contributed by atoms with Crippen LogP contribution in [0.5, 0.6) is 0 Å². The highest BCUT2D eigenvalue weighted by Gasteiger charge is 2.25. The van der Waals surface area contributed by atoms with Gasteiger partial charge in [0.2, 0.25) is 0 Å². The largest absolute Gasteiger partial charge is 0.396 e. The van der Waals surface area contributed by atoms with Gasteiger partial charge in [-0.05, 0) is 37.8 Å². The average Bonchev–Trinajstić information content (AvgIpc) is 3.22. The second-order valence-corrected chi connectivity index (χ2v) is 7.93. The predicted molar refractivity (Wildman–Crippen MR) is 119 cm³/mol. The topological polar surface area (TPSA) is 60.7 Å². The third-order valence-electron chi connectivity index (χ3n) is 6.07. The molecule has 0 unspecified atom stereocenters. The van der Waals surface area contributed by atoms with Gasteiger partial charge < -0.3 is 14.9 Å². The van der Waals surface area contributed by atoms with Gasteiger partial charge in [0, 0.05) is 76.9 Å². The lowest BCUT2D eigenvalue weighted by atomic mass is 9.98. The van der Waals surface area contributed by atoms with Crippen LogP contribution in [-0.2, 0) is 13.1 Å². The summed E-state index contributed by atoms with van der Waals surface area (Å²) in [6.45, 7) is 10.4. The molecule has 2 saturated heterocycles. The molecule has 4 heterocycles. The normalized spacial score (nSPS) is 18.7. The van der Waals surface area contributed by atoms with Crippen molar-refractivity contribution in [1.29, 1.82) is 0 Å². The number of aliphatic hydroxyl groups is 1. The fraction of sp³-hybridized carbons (Fsp3) is 0.619. The highest BCUT2D eigenvalue weighted by molar-refractivity contribution is 5.85. The van der Waals surface area contributed by atoms with Crippen LogP contribution in [0.1, 0.15) is 25.3 Å². The van der Waals surface area contributed by atoms with Crippen LogP contribution < -0.4 is 9.80 Å². The number of aryl methyl sites for hydroxylation is 1. The van der Waals surface area contributed by atoms with Crippen LogP contribution in [0.15, 0.2) is 30.7 Å². The van der Waals surface area contributed by atoms with Crippen molar-refractivity contribution < 1.29 is 5.11 Å². The van der Waals surface area contributed by atoms with Gasteiger partial charge in [0.25, 0.3) is 0 Å². The number of halogens is 1. The molecule has 2 aliphatic rings. The van der Waals surface area contributed by atoms with Crippen molar-refractivity contribution in [2.45, 2.75) is 32.9 Å². The van der Waals surface area contributed by atoms with Gasteiger partial charge >= 0.3 is 0 Å². The van der Waals surface area contributed by atoms with Gasteiger partial charge in [-0.25, -0.2) is 4.98 Å². The van der Waals surface area contributed by atoms with E-state index >= 15 is 0 Å². The van der Waals surface area contributed by atoms with Gasteiger partial charge in [-0.2, -0.15) is 5.10 Å². The summed E-state index contributed by atoms with van der Waals surface area (Å²) in [5, 5.41) is 13.8. The minimum absolute atomic E-state index is 0. The summed E-state index contributed by atoms with van der Waals surface area (Å²) in [6.07, 6.45) is 8.14. The number of rotatable bonds is 6. The maximum absolute atomic E-state index is 9.40. The number of aliphatic hydroxyl groups excluding tert-OH is 1. The molecule has 0 atom stereocenters. The van der Waals surface area contributed by atoms with Crippen LogP contribution in [0.4, 0.5) is 11.5 Å². The summed E-state index contributed by atoms with van der Waals surface area (Å²) in [6, 6.07) is 4.26. The molecular weight excluding hydrogens is 388 g/mol. The molecule has 29 heavy (non-hydrogen) atoms. The first-order chi connectivity index (χ1) is 13.8. The number of hydrogen-bond acceptors (Lipinski definition) is 6. The third-order valence-corrected chi connectivity index (χ3v) is 6.07. The smallest absolute Gasteiger partial charge is 0.152 e. The van der Waals surface area contributed by atoms with E-state index in [1.165, 1.54) is 11.3 Å². The first-order valence-electron chi connectivity index (χ1n) is 10.6. The van der Waals surface area contributed by atoms with E-state index < -0.39 is 0 Å². The number of anilines is 2. The zero-order chi connectivity index (χ0) is 19.3. The molecule has 0 bridgehead atoms. The van der Waals surface area contributed by atoms with Gasteiger partial charge in [0.1, 0.15) is 0 Å². The fourth-order valence-corrected chi connectivity index (χ4v) is 4.27. The molecule has 0 aliphatic carbocycles. The average molecular weight is 421 g/mol. The maximum Gasteiger partial charge on any atom is 0.152 e. The van der Waals surface area contributed by atoms with Crippen molar-refractivity contribution in [2.75, 3.05) is 55.7 Å². The predicted octanol–water partition coefficient (Wildman–Crippen LogP) is 2.25. The maximum atomic E-state index is 9.40. The van der Waals surface area contributed by atoms with E-state index in [9.17, 15) is 5.11 Å². The first-order valence-corrected chi connectivity index (χ1v) is 10.6. The van der Waals surface area contributed by atoms with Crippen molar-refractivity contribution in [3.8, 4) is 0 Å². The molecule has 2 aromatic rings. The minimum Gasteiger partial charge on any atom is -0.396 e. The molecule has 0 amide bonds. The van der Waals surface area contributed by atoms with Crippen LogP contribution >= 0.6 is 12.4 Å². The minimum atomic E-state index is 0. The number of pyridine rings is 1. The van der Waals surface area contributed by atoms with E-state index in [1.54, 1.807) is 0 Å². The fourth-order valence-electron chi connectivity index (χ4n) is 4.27. The van der Waals surface area contributed by atoms with Crippen LogP contribution in [0.25, 0.3) is 0 Å². The summed E-state index contributed by atoms with van der Waals surface area (Å²) < 4.78 is 1.99. The van der Waals surface area contributed by atoms with Crippen molar-refractivity contribution in [3.05, 3.63) is 36.3 Å². The molecule has 2 aliphatic heterocycles. The Morgan fingerprint density at radius 3 is 2.48 bits per heavy atom. The SMILES string of the molecule is CCn1cc(CN2CCN(c3cccnc3N3CCC(CO)CC3)CC2)cn1.Cl. The zero-order valence-corrected chi connectivity index (χ0v) is 18.1. The lowest BCUT2D eigenvalue weighted by molar-refractivity contribution is 0.202. The molecule has 4 rings (SSSR count). The van der Waals surface area contributed by atoms with Gasteiger partial charge in [0.05, 0.1) is 11.9 Å². The Labute approximate surface area is 179 Å². The number of nitrogens with zero attached hydrogens (tertiary/aromatic N) is 6. The monoisotopic (exact) mass is 420 g/mol. The van der Waals surface area contributed by atoms with Crippen molar-refractivity contribution >= 4 is 23.9 Å². The van der Waals surface area contributed by atoms with Crippen LogP contribution in [0.2, 0.25) is 0 Å². The Morgan fingerprint density at radius 1 is 1.07 bits per heavy atom. The van der Waals surface area contributed by atoms with Gasteiger partial charge in [-0.1, -0.05) is 0 Å². The summed E-state index contributed by atoms with van der Waals surface area (Å²) in [5.74, 6) is 1.56. The Morgan fingerprint density at radius 2 is 1.83 bits per heavy atom. The number of piperazine rings is 1. The summed E-state index contributed by atoms with van der Waals surface area (Å²) in [7, 11) is 0. The third kappa shape index (κ3) is 5.21. The summed E-state index contributed by atoms with van der Waals surface area (Å²) in [4.78, 5) is 12.1. The van der Waals surface area contributed by atoms with E-state index in [-0.39, 0.29) is 12.4 Å². The molecule has 0 radical (unpaired) electrons. The van der Waals surface area contributed by atoms with Gasteiger partial charge in [0.15, 0.2) is 5.82 Å². The molecule has 160 valence electrons. The molecule has 1 N–H and O–H groups in total. The summed E-state index contributed by atoms with van der Waals surface area (Å²) >= 11 is 0. The molecule has 8 heteroatoms. The van der Waals surface area contributed by atoms with E-state index in [2.05, 4.69) is 39.0 Å². The Bertz CT molecular complexity index is 753. The second kappa shape index (κ2) is 10.3. The van der Waals surface area contributed by atoms with E-state index in [0.717, 1.165) is 71.0 Å². The van der Waals surface area contributed by atoms with Gasteiger partial charge in [-0.3, -0.25) is 9.58 Å². The Kier molecular flexibility index (Phi) is 7.75. The first kappa shape index (κ1) is 21.9. The van der Waals surface area contributed by atoms with E-state index in [4.69, 9.17) is 4.98 Å². The van der Waals surface area contributed by atoms with Gasteiger partial charge in [-0.15, -0.1) is 12.4 Å². The Balaban J connectivity index is 0.00000240. The van der Waals surface area contributed by atoms with Crippen molar-refractivity contribution in [2.24, 2.45) is 5.92 Å². The molecule has 0 saturated carbocycles. The molecular formula is C21H33ClN6O. The lowest BCUT2D eigenvalue weighted by Crippen LogP contribution is -2.46.